The summed E-state index contributed by atoms with van der Waals surface area (Å²) in [6, 6.07) is 38.8. The third-order valence-corrected chi connectivity index (χ3v) is 15.6. The second-order valence-corrected chi connectivity index (χ2v) is 19.0. The highest BCUT2D eigenvalue weighted by Crippen LogP contribution is 2.45. The molecule has 0 saturated carbocycles. The van der Waals surface area contributed by atoms with Crippen LogP contribution in [0.4, 0.5) is 0 Å². The average molecular weight is 808 g/mol. The molecule has 7 aromatic carbocycles. The zero-order valence-corrected chi connectivity index (χ0v) is 34.0. The molecule has 0 spiro atoms. The Balaban J connectivity index is 0.974. The van der Waals surface area contributed by atoms with Crippen molar-refractivity contribution in [2.24, 2.45) is 0 Å². The third-order valence-electron chi connectivity index (χ3n) is 13.1. The van der Waals surface area contributed by atoms with E-state index in [9.17, 15) is 0 Å². The quantitative estimate of drug-likeness (QED) is 0.151. The molecule has 9 aromatic rings. The Morgan fingerprint density at radius 2 is 0.683 bits per heavy atom. The van der Waals surface area contributed by atoms with Gasteiger partial charge in [0.1, 0.15) is 69.0 Å². The van der Waals surface area contributed by atoms with E-state index in [1.807, 2.05) is 0 Å². The zero-order valence-electron chi connectivity index (χ0n) is 32.4. The van der Waals surface area contributed by atoms with Crippen molar-refractivity contribution in [2.75, 3.05) is 0 Å². The molecule has 0 amide bonds. The van der Waals surface area contributed by atoms with Crippen LogP contribution in [0, 0.1) is 20.8 Å². The smallest absolute Gasteiger partial charge is 0.273 e. The maximum absolute atomic E-state index is 6.92. The Morgan fingerprint density at radius 1 is 0.350 bits per heavy atom. The lowest BCUT2D eigenvalue weighted by Crippen LogP contribution is -2.62. The molecule has 0 unspecified atom stereocenters. The van der Waals surface area contributed by atoms with Gasteiger partial charge in [-0.25, -0.2) is 0 Å². The highest BCUT2D eigenvalue weighted by Gasteiger charge is 2.48. The van der Waals surface area contributed by atoms with Crippen molar-refractivity contribution in [2.45, 2.75) is 20.8 Å². The molecule has 60 heavy (non-hydrogen) atoms. The van der Waals surface area contributed by atoms with Crippen LogP contribution in [0.5, 0.6) is 69.0 Å². The molecule has 0 fully saturated rings. The minimum absolute atomic E-state index is 0.0760. The molecule has 0 saturated heterocycles. The Kier molecular flexibility index (Phi) is 5.92. The molecule has 8 heterocycles. The van der Waals surface area contributed by atoms with Gasteiger partial charge in [0.15, 0.2) is 0 Å². The topological polar surface area (TPSA) is 55.4 Å². The molecule has 0 radical (unpaired) electrons. The standard InChI is InChI=1S/C49H27B3O6S2/c1-22-12-35-43-36(13-22)54-32-21-34-30(52-45-38(56-34)15-24(3)17-40(45)58-47-26-9-5-7-11-42(26)60-49(47)52)19-28(32)50(43)27-18-29-33(20-31(27)53-35)55-37-14-23(2)16-39-44(37)51(29)48-46(57-39)25-8-4-6-10-41(25)59-48/h4-21H,1-3H3. The van der Waals surface area contributed by atoms with Gasteiger partial charge in [0, 0.05) is 58.2 Å². The van der Waals surface area contributed by atoms with Crippen molar-refractivity contribution in [1.82, 2.24) is 0 Å². The molecule has 11 heteroatoms. The monoisotopic (exact) mass is 808 g/mol. The summed E-state index contributed by atoms with van der Waals surface area (Å²) in [6.45, 7) is 5.94. The average Bonchev–Trinajstić information content (AvgIpc) is 3.80. The van der Waals surface area contributed by atoms with Crippen molar-refractivity contribution in [3.05, 3.63) is 126 Å². The Morgan fingerprint density at radius 3 is 1.08 bits per heavy atom. The first-order valence-electron chi connectivity index (χ1n) is 20.3. The molecular formula is C49H27B3O6S2. The zero-order chi connectivity index (χ0) is 39.3. The van der Waals surface area contributed by atoms with Crippen LogP contribution in [-0.2, 0) is 0 Å². The first-order chi connectivity index (χ1) is 29.4. The van der Waals surface area contributed by atoms with Crippen LogP contribution in [-0.4, -0.2) is 20.1 Å². The summed E-state index contributed by atoms with van der Waals surface area (Å²) in [5, 5.41) is 2.27. The molecule has 6 aliphatic heterocycles. The van der Waals surface area contributed by atoms with E-state index in [1.54, 1.807) is 22.7 Å². The van der Waals surface area contributed by atoms with Crippen LogP contribution in [0.3, 0.4) is 0 Å². The van der Waals surface area contributed by atoms with Crippen molar-refractivity contribution in [3.63, 3.8) is 0 Å². The summed E-state index contributed by atoms with van der Waals surface area (Å²) in [7, 11) is 0. The predicted octanol–water partition coefficient (Wildman–Crippen LogP) is 7.22. The van der Waals surface area contributed by atoms with Gasteiger partial charge in [-0.1, -0.05) is 36.4 Å². The number of benzene rings is 7. The molecule has 0 atom stereocenters. The van der Waals surface area contributed by atoms with Crippen LogP contribution in [0.25, 0.3) is 20.2 Å². The molecule has 0 N–H and O–H groups in total. The van der Waals surface area contributed by atoms with E-state index in [0.29, 0.717) is 0 Å². The maximum atomic E-state index is 6.92. The van der Waals surface area contributed by atoms with Crippen molar-refractivity contribution in [3.8, 4) is 69.0 Å². The molecule has 6 aliphatic rings. The van der Waals surface area contributed by atoms with Crippen molar-refractivity contribution < 1.29 is 28.4 Å². The summed E-state index contributed by atoms with van der Waals surface area (Å²) in [4.78, 5) is 0. The van der Waals surface area contributed by atoms with Crippen LogP contribution in [0.2, 0.25) is 0 Å². The Bertz CT molecular complexity index is 3310. The van der Waals surface area contributed by atoms with E-state index in [0.717, 1.165) is 135 Å². The summed E-state index contributed by atoms with van der Waals surface area (Å²) < 4.78 is 45.9. The van der Waals surface area contributed by atoms with E-state index < -0.39 is 0 Å². The minimum Gasteiger partial charge on any atom is -0.458 e. The van der Waals surface area contributed by atoms with E-state index in [4.69, 9.17) is 28.4 Å². The first-order valence-corrected chi connectivity index (χ1v) is 21.9. The van der Waals surface area contributed by atoms with Gasteiger partial charge in [0.2, 0.25) is 0 Å². The van der Waals surface area contributed by atoms with E-state index >= 15 is 0 Å². The van der Waals surface area contributed by atoms with Crippen LogP contribution >= 0.6 is 22.7 Å². The Hall–Kier alpha value is -6.55. The summed E-state index contributed by atoms with van der Waals surface area (Å²) in [5.41, 5.74) is 10.8. The van der Waals surface area contributed by atoms with Gasteiger partial charge in [-0.15, -0.1) is 22.7 Å². The van der Waals surface area contributed by atoms with Crippen LogP contribution < -0.4 is 76.2 Å². The molecule has 280 valence electrons. The SMILES string of the molecule is Cc1cc2c3c(c1)Oc1cc4c(cc1B3c1cc3c(cc1O2)Oc1cc(C)cc2c1B3c1sc3ccccc3c1O2)B1c2sc3ccccc3c2Oc2cc(C)cc(c21)O4. The molecule has 6 nitrogen and oxygen atoms in total. The molecule has 15 rings (SSSR count). The lowest BCUT2D eigenvalue weighted by Gasteiger charge is -2.37. The maximum Gasteiger partial charge on any atom is 0.273 e. The van der Waals surface area contributed by atoms with E-state index in [2.05, 4.69) is 130 Å². The van der Waals surface area contributed by atoms with Gasteiger partial charge in [0.05, 0.1) is 0 Å². The predicted molar refractivity (Wildman–Crippen MR) is 244 cm³/mol. The number of rotatable bonds is 0. The number of ether oxygens (including phenoxy) is 6. The normalized spacial score (nSPS) is 14.6. The highest BCUT2D eigenvalue weighted by atomic mass is 32.1. The number of thiophene rings is 2. The molecular weight excluding hydrogens is 781 g/mol. The van der Waals surface area contributed by atoms with Gasteiger partial charge >= 0.3 is 0 Å². The highest BCUT2D eigenvalue weighted by molar-refractivity contribution is 7.33. The summed E-state index contributed by atoms with van der Waals surface area (Å²) >= 11 is 3.61. The number of hydrogen-bond acceptors (Lipinski definition) is 8. The summed E-state index contributed by atoms with van der Waals surface area (Å²) in [6.07, 6.45) is 0. The van der Waals surface area contributed by atoms with Gasteiger partial charge < -0.3 is 28.4 Å². The first kappa shape index (κ1) is 32.3. The lowest BCUT2D eigenvalue weighted by molar-refractivity contribution is 0.448. The van der Waals surface area contributed by atoms with Gasteiger partial charge in [0.25, 0.3) is 20.1 Å². The van der Waals surface area contributed by atoms with E-state index in [-0.39, 0.29) is 20.1 Å². The lowest BCUT2D eigenvalue weighted by atomic mass is 9.31. The minimum atomic E-state index is -0.181. The second-order valence-electron chi connectivity index (χ2n) is 16.9. The largest absolute Gasteiger partial charge is 0.458 e. The molecule has 0 bridgehead atoms. The Labute approximate surface area is 353 Å². The fourth-order valence-corrected chi connectivity index (χ4v) is 13.2. The van der Waals surface area contributed by atoms with Gasteiger partial charge in [-0.3, -0.25) is 0 Å². The van der Waals surface area contributed by atoms with Crippen molar-refractivity contribution >= 4 is 111 Å². The number of aryl methyl sites for hydroxylation is 3. The van der Waals surface area contributed by atoms with Gasteiger partial charge in [-0.05, 0) is 120 Å². The number of fused-ring (bicyclic) bond motifs is 16. The molecule has 0 aliphatic carbocycles. The number of hydrogen-bond donors (Lipinski definition) is 0. The fourth-order valence-electron chi connectivity index (χ4n) is 10.7. The van der Waals surface area contributed by atoms with Crippen LogP contribution in [0.1, 0.15) is 16.7 Å². The van der Waals surface area contributed by atoms with E-state index in [1.165, 1.54) is 19.0 Å². The van der Waals surface area contributed by atoms with Gasteiger partial charge in [-0.2, -0.15) is 0 Å². The third kappa shape index (κ3) is 4.07. The summed E-state index contributed by atoms with van der Waals surface area (Å²) in [5.74, 6) is 10.00. The fraction of sp³-hybridized carbons (Fsp3) is 0.0612. The van der Waals surface area contributed by atoms with Crippen LogP contribution in [0.15, 0.2) is 109 Å². The van der Waals surface area contributed by atoms with Crippen molar-refractivity contribution in [1.29, 1.82) is 0 Å². The second kappa shape index (κ2) is 11.0. The molecule has 2 aromatic heterocycles.